The lowest BCUT2D eigenvalue weighted by atomic mass is 10.1. The van der Waals surface area contributed by atoms with Crippen molar-refractivity contribution in [2.45, 2.75) is 33.2 Å². The summed E-state index contributed by atoms with van der Waals surface area (Å²) in [4.78, 5) is 15.7. The van der Waals surface area contributed by atoms with Gasteiger partial charge in [-0.1, -0.05) is 13.0 Å². The number of aromatic nitrogens is 2. The van der Waals surface area contributed by atoms with Crippen molar-refractivity contribution < 1.29 is 9.90 Å². The lowest BCUT2D eigenvalue weighted by Gasteiger charge is -2.16. The summed E-state index contributed by atoms with van der Waals surface area (Å²) in [6.45, 7) is 6.26. The summed E-state index contributed by atoms with van der Waals surface area (Å²) >= 11 is 1.93. The van der Waals surface area contributed by atoms with Crippen LogP contribution in [0.1, 0.15) is 42.5 Å². The van der Waals surface area contributed by atoms with Crippen LogP contribution in [0.3, 0.4) is 0 Å². The van der Waals surface area contributed by atoms with Crippen molar-refractivity contribution in [3.05, 3.63) is 29.6 Å². The van der Waals surface area contributed by atoms with Crippen LogP contribution in [0.25, 0.3) is 11.0 Å². The first-order valence-electron chi connectivity index (χ1n) is 6.84. The van der Waals surface area contributed by atoms with Gasteiger partial charge in [-0.05, 0) is 43.9 Å². The SMILES string of the molecule is CCSCCC(C)n1c(C)nc2c(C(=O)O)cccc21. The van der Waals surface area contributed by atoms with E-state index >= 15 is 0 Å². The number of para-hydroxylation sites is 1. The minimum Gasteiger partial charge on any atom is -0.478 e. The molecule has 4 nitrogen and oxygen atoms in total. The lowest BCUT2D eigenvalue weighted by Crippen LogP contribution is -2.08. The smallest absolute Gasteiger partial charge is 0.337 e. The molecule has 0 radical (unpaired) electrons. The molecular weight excluding hydrogens is 272 g/mol. The monoisotopic (exact) mass is 292 g/mol. The molecule has 1 N–H and O–H groups in total. The molecule has 1 unspecified atom stereocenters. The van der Waals surface area contributed by atoms with E-state index in [-0.39, 0.29) is 5.56 Å². The summed E-state index contributed by atoms with van der Waals surface area (Å²) in [7, 11) is 0. The molecule has 2 aromatic rings. The van der Waals surface area contributed by atoms with Gasteiger partial charge in [0.2, 0.25) is 0 Å². The average Bonchev–Trinajstić information content (AvgIpc) is 2.74. The number of aryl methyl sites for hydroxylation is 1. The number of carboxylic acids is 1. The molecule has 0 fully saturated rings. The van der Waals surface area contributed by atoms with Gasteiger partial charge in [0.1, 0.15) is 11.3 Å². The Hall–Kier alpha value is -1.49. The highest BCUT2D eigenvalue weighted by Gasteiger charge is 2.17. The quantitative estimate of drug-likeness (QED) is 0.824. The van der Waals surface area contributed by atoms with Gasteiger partial charge in [-0.3, -0.25) is 0 Å². The van der Waals surface area contributed by atoms with Crippen molar-refractivity contribution in [2.75, 3.05) is 11.5 Å². The van der Waals surface area contributed by atoms with Crippen molar-refractivity contribution >= 4 is 28.8 Å². The van der Waals surface area contributed by atoms with E-state index in [0.717, 1.165) is 29.3 Å². The van der Waals surface area contributed by atoms with Crippen LogP contribution in [0.15, 0.2) is 18.2 Å². The van der Waals surface area contributed by atoms with E-state index < -0.39 is 5.97 Å². The van der Waals surface area contributed by atoms with Gasteiger partial charge >= 0.3 is 5.97 Å². The minimum absolute atomic E-state index is 0.277. The molecule has 1 heterocycles. The molecule has 0 aliphatic rings. The summed E-state index contributed by atoms with van der Waals surface area (Å²) in [5.41, 5.74) is 1.78. The highest BCUT2D eigenvalue weighted by atomic mass is 32.2. The molecule has 0 saturated carbocycles. The Morgan fingerprint density at radius 2 is 2.25 bits per heavy atom. The van der Waals surface area contributed by atoms with Crippen LogP contribution in [0.5, 0.6) is 0 Å². The maximum atomic E-state index is 11.3. The van der Waals surface area contributed by atoms with Crippen LogP contribution in [0.2, 0.25) is 0 Å². The van der Waals surface area contributed by atoms with E-state index in [1.807, 2.05) is 24.8 Å². The molecule has 1 aromatic carbocycles. The van der Waals surface area contributed by atoms with Crippen LogP contribution < -0.4 is 0 Å². The predicted molar refractivity (Wildman–Crippen MR) is 83.8 cm³/mol. The van der Waals surface area contributed by atoms with E-state index in [1.165, 1.54) is 0 Å². The average molecular weight is 292 g/mol. The van der Waals surface area contributed by atoms with Crippen LogP contribution >= 0.6 is 11.8 Å². The third-order valence-corrected chi connectivity index (χ3v) is 4.38. The number of benzene rings is 1. The molecule has 2 rings (SSSR count). The molecule has 0 aliphatic heterocycles. The van der Waals surface area contributed by atoms with Gasteiger partial charge < -0.3 is 9.67 Å². The Morgan fingerprint density at radius 3 is 2.90 bits per heavy atom. The normalized spacial score (nSPS) is 12.8. The fourth-order valence-electron chi connectivity index (χ4n) is 2.49. The standard InChI is InChI=1S/C15H20N2O2S/c1-4-20-9-8-10(2)17-11(3)16-14-12(15(18)19)6-5-7-13(14)17/h5-7,10H,4,8-9H2,1-3H3,(H,18,19). The van der Waals surface area contributed by atoms with Crippen LogP contribution in [-0.2, 0) is 0 Å². The van der Waals surface area contributed by atoms with Crippen LogP contribution in [-0.4, -0.2) is 32.1 Å². The summed E-state index contributed by atoms with van der Waals surface area (Å²) in [6, 6.07) is 5.67. The third-order valence-electron chi connectivity index (χ3n) is 3.45. The molecule has 0 spiro atoms. The second-order valence-corrected chi connectivity index (χ2v) is 6.24. The topological polar surface area (TPSA) is 55.1 Å². The summed E-state index contributed by atoms with van der Waals surface area (Å²) in [5.74, 6) is 2.19. The molecule has 0 aliphatic carbocycles. The van der Waals surface area contributed by atoms with Gasteiger partial charge in [0.05, 0.1) is 11.1 Å². The van der Waals surface area contributed by atoms with E-state index in [0.29, 0.717) is 11.6 Å². The predicted octanol–water partition coefficient (Wildman–Crippen LogP) is 3.75. The molecule has 0 saturated heterocycles. The number of hydrogen-bond donors (Lipinski definition) is 1. The number of rotatable bonds is 6. The summed E-state index contributed by atoms with van der Waals surface area (Å²) in [5, 5.41) is 9.24. The zero-order valence-corrected chi connectivity index (χ0v) is 12.9. The zero-order chi connectivity index (χ0) is 14.7. The maximum Gasteiger partial charge on any atom is 0.337 e. The van der Waals surface area contributed by atoms with Gasteiger partial charge in [-0.15, -0.1) is 0 Å². The highest BCUT2D eigenvalue weighted by Crippen LogP contribution is 2.26. The Kier molecular flexibility index (Phi) is 4.70. The van der Waals surface area contributed by atoms with Gasteiger partial charge in [-0.2, -0.15) is 11.8 Å². The number of hydrogen-bond acceptors (Lipinski definition) is 3. The fourth-order valence-corrected chi connectivity index (χ4v) is 3.29. The number of thioether (sulfide) groups is 1. The van der Waals surface area contributed by atoms with Gasteiger partial charge in [0.15, 0.2) is 0 Å². The van der Waals surface area contributed by atoms with Crippen molar-refractivity contribution in [3.8, 4) is 0 Å². The van der Waals surface area contributed by atoms with Crippen molar-refractivity contribution in [1.29, 1.82) is 0 Å². The Morgan fingerprint density at radius 1 is 1.50 bits per heavy atom. The second kappa shape index (κ2) is 6.31. The van der Waals surface area contributed by atoms with Crippen LogP contribution in [0, 0.1) is 6.92 Å². The first-order valence-corrected chi connectivity index (χ1v) is 8.00. The van der Waals surface area contributed by atoms with E-state index in [9.17, 15) is 9.90 Å². The minimum atomic E-state index is -0.922. The van der Waals surface area contributed by atoms with Crippen molar-refractivity contribution in [2.24, 2.45) is 0 Å². The van der Waals surface area contributed by atoms with Gasteiger partial charge in [0, 0.05) is 6.04 Å². The third kappa shape index (κ3) is 2.82. The van der Waals surface area contributed by atoms with Gasteiger partial charge in [-0.25, -0.2) is 9.78 Å². The number of carbonyl (C=O) groups is 1. The first-order chi connectivity index (χ1) is 9.56. The van der Waals surface area contributed by atoms with E-state index in [2.05, 4.69) is 23.4 Å². The number of imidazole rings is 1. The van der Waals surface area contributed by atoms with Crippen molar-refractivity contribution in [1.82, 2.24) is 9.55 Å². The summed E-state index contributed by atoms with van der Waals surface area (Å²) in [6.07, 6.45) is 1.06. The largest absolute Gasteiger partial charge is 0.478 e. The van der Waals surface area contributed by atoms with Crippen molar-refractivity contribution in [3.63, 3.8) is 0 Å². The second-order valence-electron chi connectivity index (χ2n) is 4.84. The molecule has 20 heavy (non-hydrogen) atoms. The Bertz CT molecular complexity index is 622. The van der Waals surface area contributed by atoms with E-state index in [4.69, 9.17) is 0 Å². The number of fused-ring (bicyclic) bond motifs is 1. The fraction of sp³-hybridized carbons (Fsp3) is 0.467. The Labute approximate surface area is 123 Å². The molecule has 1 atom stereocenters. The van der Waals surface area contributed by atoms with Gasteiger partial charge in [0.25, 0.3) is 0 Å². The van der Waals surface area contributed by atoms with Crippen LogP contribution in [0.4, 0.5) is 0 Å². The maximum absolute atomic E-state index is 11.3. The molecule has 0 amide bonds. The first kappa shape index (κ1) is 14.9. The van der Waals surface area contributed by atoms with E-state index in [1.54, 1.807) is 12.1 Å². The zero-order valence-electron chi connectivity index (χ0n) is 12.1. The number of aromatic carboxylic acids is 1. The highest BCUT2D eigenvalue weighted by molar-refractivity contribution is 7.99. The molecule has 5 heteroatoms. The lowest BCUT2D eigenvalue weighted by molar-refractivity contribution is 0.0699. The molecule has 1 aromatic heterocycles. The molecule has 0 bridgehead atoms. The number of nitrogens with zero attached hydrogens (tertiary/aromatic N) is 2. The Balaban J connectivity index is 2.41. The molecule has 108 valence electrons. The number of carboxylic acid groups (broad SMARTS) is 1. The molecular formula is C15H20N2O2S. The summed E-state index contributed by atoms with van der Waals surface area (Å²) < 4.78 is 2.15.